The molecule has 2 unspecified atom stereocenters. The maximum atomic E-state index is 11.6. The highest BCUT2D eigenvalue weighted by atomic mass is 32.2. The van der Waals surface area contributed by atoms with Crippen molar-refractivity contribution in [2.75, 3.05) is 11.5 Å². The molecule has 0 radical (unpaired) electrons. The average molecular weight is 203 g/mol. The second kappa shape index (κ2) is 5.76. The Balaban J connectivity index is 2.16. The van der Waals surface area contributed by atoms with Crippen molar-refractivity contribution >= 4 is 10.8 Å². The van der Waals surface area contributed by atoms with E-state index in [1.165, 1.54) is 25.7 Å². The van der Waals surface area contributed by atoms with Gasteiger partial charge in [-0.1, -0.05) is 19.8 Å². The lowest BCUT2D eigenvalue weighted by Gasteiger charge is -2.11. The van der Waals surface area contributed by atoms with Gasteiger partial charge in [0.1, 0.15) is 0 Å². The fourth-order valence-corrected chi connectivity index (χ4v) is 3.57. The maximum Gasteiger partial charge on any atom is 0.0386 e. The number of hydrogen-bond donors (Lipinski definition) is 1. The molecule has 2 atom stereocenters. The van der Waals surface area contributed by atoms with Crippen LogP contribution in [-0.4, -0.2) is 21.8 Å². The molecule has 1 aliphatic rings. The fourth-order valence-electron chi connectivity index (χ4n) is 1.86. The van der Waals surface area contributed by atoms with Crippen molar-refractivity contribution in [2.24, 2.45) is 11.7 Å². The second-order valence-corrected chi connectivity index (χ2v) is 5.64. The van der Waals surface area contributed by atoms with Gasteiger partial charge in [-0.25, -0.2) is 0 Å². The molecule has 0 amide bonds. The van der Waals surface area contributed by atoms with Gasteiger partial charge in [0.2, 0.25) is 0 Å². The lowest BCUT2D eigenvalue weighted by atomic mass is 10.1. The summed E-state index contributed by atoms with van der Waals surface area (Å²) in [7, 11) is -0.665. The Labute approximate surface area is 83.7 Å². The van der Waals surface area contributed by atoms with Crippen molar-refractivity contribution in [1.29, 1.82) is 0 Å². The molecule has 0 aromatic rings. The van der Waals surface area contributed by atoms with Gasteiger partial charge in [0.25, 0.3) is 0 Å². The minimum absolute atomic E-state index is 0.141. The molecule has 2 nitrogen and oxygen atoms in total. The standard InChI is InChI=1S/C10H21NOS/c1-2-10(11)8-13(12)7-9-5-3-4-6-9/h9-10H,2-8,11H2,1H3. The normalized spacial score (nSPS) is 23.2. The molecule has 78 valence electrons. The second-order valence-electron chi connectivity index (χ2n) is 4.09. The Morgan fingerprint density at radius 3 is 2.62 bits per heavy atom. The van der Waals surface area contributed by atoms with Gasteiger partial charge in [-0.05, 0) is 25.2 Å². The Morgan fingerprint density at radius 2 is 2.08 bits per heavy atom. The van der Waals surface area contributed by atoms with E-state index >= 15 is 0 Å². The molecule has 1 aliphatic carbocycles. The van der Waals surface area contributed by atoms with E-state index in [-0.39, 0.29) is 6.04 Å². The Kier molecular flexibility index (Phi) is 4.96. The van der Waals surface area contributed by atoms with Crippen molar-refractivity contribution in [2.45, 2.75) is 45.1 Å². The molecule has 0 aliphatic heterocycles. The summed E-state index contributed by atoms with van der Waals surface area (Å²) in [5.74, 6) is 2.32. The first kappa shape index (κ1) is 11.2. The summed E-state index contributed by atoms with van der Waals surface area (Å²) in [5.41, 5.74) is 5.76. The molecule has 0 bridgehead atoms. The molecular formula is C10H21NOS. The van der Waals surface area contributed by atoms with Crippen LogP contribution in [0.25, 0.3) is 0 Å². The van der Waals surface area contributed by atoms with Gasteiger partial charge in [0.05, 0.1) is 0 Å². The van der Waals surface area contributed by atoms with E-state index in [0.717, 1.165) is 18.1 Å². The van der Waals surface area contributed by atoms with Crippen LogP contribution in [0.1, 0.15) is 39.0 Å². The van der Waals surface area contributed by atoms with Crippen LogP contribution in [0.2, 0.25) is 0 Å². The van der Waals surface area contributed by atoms with E-state index in [1.807, 2.05) is 0 Å². The van der Waals surface area contributed by atoms with Crippen LogP contribution in [-0.2, 0) is 10.8 Å². The molecule has 2 N–H and O–H groups in total. The van der Waals surface area contributed by atoms with Gasteiger partial charge in [-0.3, -0.25) is 4.21 Å². The van der Waals surface area contributed by atoms with E-state index < -0.39 is 10.8 Å². The highest BCUT2D eigenvalue weighted by molar-refractivity contribution is 7.85. The molecule has 0 aromatic carbocycles. The first-order chi connectivity index (χ1) is 6.22. The monoisotopic (exact) mass is 203 g/mol. The van der Waals surface area contributed by atoms with E-state index in [2.05, 4.69) is 6.92 Å². The smallest absolute Gasteiger partial charge is 0.0386 e. The summed E-state index contributed by atoms with van der Waals surface area (Å²) in [6.07, 6.45) is 6.18. The van der Waals surface area contributed by atoms with Gasteiger partial charge in [-0.2, -0.15) is 0 Å². The number of nitrogens with two attached hydrogens (primary N) is 1. The third kappa shape index (κ3) is 4.23. The summed E-state index contributed by atoms with van der Waals surface area (Å²) in [4.78, 5) is 0. The van der Waals surface area contributed by atoms with Crippen LogP contribution in [0.4, 0.5) is 0 Å². The summed E-state index contributed by atoms with van der Waals surface area (Å²) in [6.45, 7) is 2.05. The molecule has 3 heteroatoms. The average Bonchev–Trinajstić information content (AvgIpc) is 2.56. The summed E-state index contributed by atoms with van der Waals surface area (Å²) in [6, 6.07) is 0.141. The maximum absolute atomic E-state index is 11.6. The molecular weight excluding hydrogens is 182 g/mol. The van der Waals surface area contributed by atoms with Gasteiger partial charge in [0.15, 0.2) is 0 Å². The van der Waals surface area contributed by atoms with Gasteiger partial charge in [-0.15, -0.1) is 0 Å². The zero-order valence-electron chi connectivity index (χ0n) is 8.50. The first-order valence-electron chi connectivity index (χ1n) is 5.33. The minimum Gasteiger partial charge on any atom is -0.327 e. The molecule has 0 spiro atoms. The van der Waals surface area contributed by atoms with Crippen LogP contribution in [0, 0.1) is 5.92 Å². The SMILES string of the molecule is CCC(N)CS(=O)CC1CCCC1. The quantitative estimate of drug-likeness (QED) is 0.738. The predicted molar refractivity (Wildman–Crippen MR) is 58.1 cm³/mol. The molecule has 0 aromatic heterocycles. The highest BCUT2D eigenvalue weighted by Crippen LogP contribution is 2.25. The first-order valence-corrected chi connectivity index (χ1v) is 6.81. The molecule has 0 heterocycles. The van der Waals surface area contributed by atoms with E-state index in [0.29, 0.717) is 5.75 Å². The van der Waals surface area contributed by atoms with Crippen LogP contribution < -0.4 is 5.73 Å². The number of rotatable bonds is 5. The van der Waals surface area contributed by atoms with Crippen molar-refractivity contribution in [3.05, 3.63) is 0 Å². The lowest BCUT2D eigenvalue weighted by Crippen LogP contribution is -2.28. The van der Waals surface area contributed by atoms with Crippen molar-refractivity contribution in [3.63, 3.8) is 0 Å². The van der Waals surface area contributed by atoms with Crippen LogP contribution in [0.3, 0.4) is 0 Å². The fraction of sp³-hybridized carbons (Fsp3) is 1.00. The summed E-state index contributed by atoms with van der Waals surface area (Å²) in [5, 5.41) is 0. The van der Waals surface area contributed by atoms with Crippen molar-refractivity contribution < 1.29 is 4.21 Å². The van der Waals surface area contributed by atoms with Crippen LogP contribution in [0.15, 0.2) is 0 Å². The predicted octanol–water partition coefficient (Wildman–Crippen LogP) is 1.66. The minimum atomic E-state index is -0.665. The topological polar surface area (TPSA) is 43.1 Å². The van der Waals surface area contributed by atoms with Crippen molar-refractivity contribution in [3.8, 4) is 0 Å². The molecule has 0 saturated heterocycles. The Hall–Kier alpha value is 0.110. The zero-order chi connectivity index (χ0) is 9.68. The van der Waals surface area contributed by atoms with Crippen molar-refractivity contribution in [1.82, 2.24) is 0 Å². The summed E-state index contributed by atoms with van der Waals surface area (Å²) < 4.78 is 11.6. The largest absolute Gasteiger partial charge is 0.327 e. The van der Waals surface area contributed by atoms with Crippen LogP contribution in [0.5, 0.6) is 0 Å². The van der Waals surface area contributed by atoms with E-state index in [4.69, 9.17) is 5.73 Å². The van der Waals surface area contributed by atoms with Gasteiger partial charge in [0, 0.05) is 28.3 Å². The molecule has 1 saturated carbocycles. The third-order valence-corrected chi connectivity index (χ3v) is 4.46. The van der Waals surface area contributed by atoms with Gasteiger partial charge < -0.3 is 5.73 Å². The summed E-state index contributed by atoms with van der Waals surface area (Å²) >= 11 is 0. The third-order valence-electron chi connectivity index (χ3n) is 2.82. The van der Waals surface area contributed by atoms with E-state index in [1.54, 1.807) is 0 Å². The van der Waals surface area contributed by atoms with Gasteiger partial charge >= 0.3 is 0 Å². The lowest BCUT2D eigenvalue weighted by molar-refractivity contribution is 0.599. The molecule has 13 heavy (non-hydrogen) atoms. The Morgan fingerprint density at radius 1 is 1.46 bits per heavy atom. The van der Waals surface area contributed by atoms with E-state index in [9.17, 15) is 4.21 Å². The molecule has 1 fully saturated rings. The zero-order valence-corrected chi connectivity index (χ0v) is 9.31. The molecule has 1 rings (SSSR count). The van der Waals surface area contributed by atoms with Crippen LogP contribution >= 0.6 is 0 Å². The highest BCUT2D eigenvalue weighted by Gasteiger charge is 2.18. The number of hydrogen-bond acceptors (Lipinski definition) is 2. The Bertz CT molecular complexity index is 166.